The van der Waals surface area contributed by atoms with Crippen molar-refractivity contribution in [3.05, 3.63) is 58.6 Å². The summed E-state index contributed by atoms with van der Waals surface area (Å²) in [5.41, 5.74) is -6.16. The molecule has 0 bridgehead atoms. The van der Waals surface area contributed by atoms with Gasteiger partial charge in [0.2, 0.25) is 0 Å². The van der Waals surface area contributed by atoms with E-state index in [1.807, 2.05) is 0 Å². The molecule has 1 N–H and O–H groups in total. The van der Waals surface area contributed by atoms with E-state index < -0.39 is 52.1 Å². The minimum Gasteiger partial charge on any atom is -0.351 e. The van der Waals surface area contributed by atoms with Gasteiger partial charge in [-0.15, -0.1) is 11.6 Å². The molecule has 1 fully saturated rings. The second kappa shape index (κ2) is 8.94. The van der Waals surface area contributed by atoms with Crippen LogP contribution in [-0.4, -0.2) is 47.5 Å². The van der Waals surface area contributed by atoms with Crippen LogP contribution in [0.2, 0.25) is 0 Å². The Bertz CT molecular complexity index is 1110. The number of nitrogens with one attached hydrogen (secondary N) is 1. The van der Waals surface area contributed by atoms with Gasteiger partial charge in [0.1, 0.15) is 24.3 Å². The predicted molar refractivity (Wildman–Crippen MR) is 102 cm³/mol. The highest BCUT2D eigenvalue weighted by Crippen LogP contribution is 2.35. The Hall–Kier alpha value is -2.48. The van der Waals surface area contributed by atoms with E-state index in [4.69, 9.17) is 16.3 Å². The van der Waals surface area contributed by atoms with Crippen molar-refractivity contribution in [2.75, 3.05) is 11.2 Å². The molecule has 3 rings (SSSR count). The lowest BCUT2D eigenvalue weighted by molar-refractivity contribution is -0.0603. The highest BCUT2D eigenvalue weighted by Gasteiger charge is 2.51. The molecule has 0 unspecified atom stereocenters. The molecule has 9 nitrogen and oxygen atoms in total. The molecular formula is C17H15ClF3N3O6S. The van der Waals surface area contributed by atoms with Gasteiger partial charge < -0.3 is 10.1 Å². The van der Waals surface area contributed by atoms with E-state index in [-0.39, 0.29) is 11.7 Å². The van der Waals surface area contributed by atoms with Crippen molar-refractivity contribution < 1.29 is 35.3 Å². The molecule has 1 amide bonds. The first-order valence-electron chi connectivity index (χ1n) is 8.68. The quantitative estimate of drug-likeness (QED) is 0.382. The van der Waals surface area contributed by atoms with Crippen molar-refractivity contribution in [2.45, 2.75) is 30.4 Å². The molecule has 2 heterocycles. The van der Waals surface area contributed by atoms with Gasteiger partial charge in [-0.1, -0.05) is 18.2 Å². The predicted octanol–water partition coefficient (Wildman–Crippen LogP) is 2.26. The summed E-state index contributed by atoms with van der Waals surface area (Å²) in [6.07, 6.45) is -3.14. The molecule has 0 aliphatic carbocycles. The monoisotopic (exact) mass is 481 g/mol. The number of carbonyl (C=O) groups is 1. The maximum Gasteiger partial charge on any atom is 0.523 e. The summed E-state index contributed by atoms with van der Waals surface area (Å²) >= 11 is 5.65. The lowest BCUT2D eigenvalue weighted by Crippen LogP contribution is -2.34. The summed E-state index contributed by atoms with van der Waals surface area (Å²) in [6, 6.07) is 9.44. The zero-order chi connectivity index (χ0) is 22.8. The average Bonchev–Trinajstić information content (AvgIpc) is 3.09. The second-order valence-corrected chi connectivity index (χ2v) is 8.25. The fraction of sp³-hybridized carbons (Fsp3) is 0.353. The van der Waals surface area contributed by atoms with Crippen LogP contribution in [0.5, 0.6) is 0 Å². The number of amides is 1. The number of anilines is 1. The van der Waals surface area contributed by atoms with Crippen molar-refractivity contribution in [3.8, 4) is 0 Å². The van der Waals surface area contributed by atoms with Crippen molar-refractivity contribution in [1.29, 1.82) is 0 Å². The van der Waals surface area contributed by atoms with Crippen LogP contribution in [0.3, 0.4) is 0 Å². The Morgan fingerprint density at radius 1 is 1.29 bits per heavy atom. The standard InChI is InChI=1S/C17H15ClF3N3O6S/c18-9-12-11(30-31(27,28)17(19,20)21)8-14(29-12)24-7-6-13(23-16(24)26)22-15(25)10-4-2-1-3-5-10/h1-7,11-12,14H,8-9H2,(H,22,23,25,26)/t11-,12+,14-/m0/s1. The van der Waals surface area contributed by atoms with Crippen LogP contribution < -0.4 is 11.0 Å². The molecule has 1 aliphatic rings. The Balaban J connectivity index is 1.74. The summed E-state index contributed by atoms with van der Waals surface area (Å²) < 4.78 is 70.9. The molecule has 31 heavy (non-hydrogen) atoms. The molecule has 0 saturated carbocycles. The maximum absolute atomic E-state index is 12.6. The van der Waals surface area contributed by atoms with E-state index >= 15 is 0 Å². The van der Waals surface area contributed by atoms with Crippen LogP contribution in [0.25, 0.3) is 0 Å². The van der Waals surface area contributed by atoms with Crippen molar-refractivity contribution in [3.63, 3.8) is 0 Å². The molecule has 168 valence electrons. The van der Waals surface area contributed by atoms with Gasteiger partial charge >= 0.3 is 21.3 Å². The van der Waals surface area contributed by atoms with Gasteiger partial charge in [0.25, 0.3) is 5.91 Å². The third-order valence-corrected chi connectivity index (χ3v) is 5.66. The zero-order valence-electron chi connectivity index (χ0n) is 15.5. The number of rotatable bonds is 6. The van der Waals surface area contributed by atoms with Crippen LogP contribution in [0, 0.1) is 0 Å². The summed E-state index contributed by atoms with van der Waals surface area (Å²) in [6.45, 7) is 0. The number of nitrogens with zero attached hydrogens (tertiary/aromatic N) is 2. The van der Waals surface area contributed by atoms with E-state index in [0.29, 0.717) is 5.56 Å². The summed E-state index contributed by atoms with van der Waals surface area (Å²) in [5.74, 6) is -0.938. The molecule has 1 aromatic heterocycles. The van der Waals surface area contributed by atoms with Gasteiger partial charge in [0.05, 0.1) is 5.88 Å². The number of hydrogen-bond donors (Lipinski definition) is 1. The molecule has 1 aliphatic heterocycles. The van der Waals surface area contributed by atoms with E-state index in [1.54, 1.807) is 30.3 Å². The average molecular weight is 482 g/mol. The molecule has 2 aromatic rings. The van der Waals surface area contributed by atoms with Crippen LogP contribution in [0.1, 0.15) is 23.0 Å². The zero-order valence-corrected chi connectivity index (χ0v) is 17.0. The molecule has 1 aromatic carbocycles. The first-order chi connectivity index (χ1) is 14.5. The summed E-state index contributed by atoms with van der Waals surface area (Å²) in [5, 5.41) is 2.44. The largest absolute Gasteiger partial charge is 0.523 e. The van der Waals surface area contributed by atoms with Crippen molar-refractivity contribution >= 4 is 33.4 Å². The number of hydrogen-bond acceptors (Lipinski definition) is 7. The minimum absolute atomic E-state index is 0.0607. The number of benzene rings is 1. The van der Waals surface area contributed by atoms with Crippen LogP contribution >= 0.6 is 11.6 Å². The summed E-state index contributed by atoms with van der Waals surface area (Å²) in [4.78, 5) is 28.2. The Kier molecular flexibility index (Phi) is 6.69. The number of aromatic nitrogens is 2. The molecular weight excluding hydrogens is 467 g/mol. The number of halogens is 4. The number of ether oxygens (including phenoxy) is 1. The van der Waals surface area contributed by atoms with E-state index in [1.165, 1.54) is 12.3 Å². The molecule has 3 atom stereocenters. The first-order valence-corrected chi connectivity index (χ1v) is 10.6. The molecule has 1 saturated heterocycles. The Morgan fingerprint density at radius 2 is 1.97 bits per heavy atom. The third kappa shape index (κ3) is 5.23. The van der Waals surface area contributed by atoms with Gasteiger partial charge in [0, 0.05) is 18.2 Å². The van der Waals surface area contributed by atoms with Gasteiger partial charge in [-0.3, -0.25) is 13.5 Å². The van der Waals surface area contributed by atoms with Gasteiger partial charge in [-0.2, -0.15) is 26.6 Å². The lowest BCUT2D eigenvalue weighted by Gasteiger charge is -2.16. The molecule has 0 radical (unpaired) electrons. The van der Waals surface area contributed by atoms with Crippen LogP contribution in [0.15, 0.2) is 47.4 Å². The number of carbonyl (C=O) groups excluding carboxylic acids is 1. The highest BCUT2D eigenvalue weighted by atomic mass is 35.5. The number of alkyl halides is 4. The Labute approximate surface area is 178 Å². The van der Waals surface area contributed by atoms with Gasteiger partial charge in [-0.05, 0) is 18.2 Å². The third-order valence-electron chi connectivity index (χ3n) is 4.28. The highest BCUT2D eigenvalue weighted by molar-refractivity contribution is 7.87. The fourth-order valence-corrected chi connectivity index (χ4v) is 3.72. The molecule has 0 spiro atoms. The second-order valence-electron chi connectivity index (χ2n) is 6.38. The van der Waals surface area contributed by atoms with E-state index in [0.717, 1.165) is 4.57 Å². The van der Waals surface area contributed by atoms with Gasteiger partial charge in [0.15, 0.2) is 0 Å². The smallest absolute Gasteiger partial charge is 0.351 e. The van der Waals surface area contributed by atoms with Crippen molar-refractivity contribution in [1.82, 2.24) is 9.55 Å². The SMILES string of the molecule is O=C(Nc1ccn([C@@H]2C[C@H](OS(=O)(=O)C(F)(F)F)[C@@H](CCl)O2)c(=O)n1)c1ccccc1. The van der Waals surface area contributed by atoms with E-state index in [2.05, 4.69) is 14.5 Å². The minimum atomic E-state index is -5.88. The van der Waals surface area contributed by atoms with E-state index in [9.17, 15) is 31.2 Å². The lowest BCUT2D eigenvalue weighted by atomic mass is 10.2. The van der Waals surface area contributed by atoms with Crippen molar-refractivity contribution in [2.24, 2.45) is 0 Å². The van der Waals surface area contributed by atoms with Gasteiger partial charge in [-0.25, -0.2) is 4.79 Å². The normalized spacial score (nSPS) is 21.7. The Morgan fingerprint density at radius 3 is 2.55 bits per heavy atom. The first kappa shape index (κ1) is 23.2. The fourth-order valence-electron chi connectivity index (χ4n) is 2.81. The molecule has 14 heteroatoms. The topological polar surface area (TPSA) is 117 Å². The summed E-state index contributed by atoms with van der Waals surface area (Å²) in [7, 11) is -5.88. The van der Waals surface area contributed by atoms with Crippen LogP contribution in [0.4, 0.5) is 19.0 Å². The van der Waals surface area contributed by atoms with Crippen LogP contribution in [-0.2, 0) is 19.0 Å². The maximum atomic E-state index is 12.6.